The molecule has 0 amide bonds. The lowest BCUT2D eigenvalue weighted by Crippen LogP contribution is -2.30. The fraction of sp³-hybridized carbons (Fsp3) is 0.889. The van der Waals surface area contributed by atoms with Gasteiger partial charge in [0.25, 0.3) is 0 Å². The summed E-state index contributed by atoms with van der Waals surface area (Å²) in [6, 6.07) is 0. The third-order valence-electron chi connectivity index (χ3n) is 1.60. The van der Waals surface area contributed by atoms with Crippen LogP contribution in [0.3, 0.4) is 0 Å². The molecule has 0 heterocycles. The summed E-state index contributed by atoms with van der Waals surface area (Å²) < 4.78 is 4.47. The first-order chi connectivity index (χ1) is 5.37. The van der Waals surface area contributed by atoms with Crippen LogP contribution in [0.1, 0.15) is 33.6 Å². The van der Waals surface area contributed by atoms with E-state index in [-0.39, 0.29) is 12.4 Å². The van der Waals surface area contributed by atoms with E-state index in [9.17, 15) is 9.90 Å². The zero-order chi connectivity index (χ0) is 9.78. The lowest BCUT2D eigenvalue weighted by Gasteiger charge is -2.23. The largest absolute Gasteiger partial charge is 0.469 e. The Labute approximate surface area is 73.7 Å². The zero-order valence-corrected chi connectivity index (χ0v) is 8.26. The normalized spacial score (nSPS) is 15.8. The van der Waals surface area contributed by atoms with Gasteiger partial charge in [0, 0.05) is 0 Å². The molecule has 0 aromatic rings. The van der Waals surface area contributed by atoms with Gasteiger partial charge >= 0.3 is 5.97 Å². The first kappa shape index (κ1) is 11.4. The molecule has 0 aliphatic carbocycles. The fourth-order valence-electron chi connectivity index (χ4n) is 1.33. The Kier molecular flexibility index (Phi) is 4.24. The Morgan fingerprint density at radius 2 is 2.08 bits per heavy atom. The van der Waals surface area contributed by atoms with Crippen molar-refractivity contribution in [1.29, 1.82) is 0 Å². The van der Waals surface area contributed by atoms with Gasteiger partial charge < -0.3 is 9.84 Å². The van der Waals surface area contributed by atoms with Crippen LogP contribution < -0.4 is 0 Å². The van der Waals surface area contributed by atoms with E-state index in [4.69, 9.17) is 0 Å². The van der Waals surface area contributed by atoms with E-state index in [0.29, 0.717) is 12.3 Å². The molecule has 0 rings (SSSR count). The monoisotopic (exact) mass is 174 g/mol. The second kappa shape index (κ2) is 4.45. The van der Waals surface area contributed by atoms with Crippen molar-refractivity contribution in [2.24, 2.45) is 5.92 Å². The van der Waals surface area contributed by atoms with Crippen LogP contribution in [0.25, 0.3) is 0 Å². The van der Waals surface area contributed by atoms with Crippen molar-refractivity contribution in [1.82, 2.24) is 0 Å². The van der Waals surface area contributed by atoms with Crippen LogP contribution in [0.2, 0.25) is 0 Å². The summed E-state index contributed by atoms with van der Waals surface area (Å²) in [6.07, 6.45) is 0.684. The Bertz CT molecular complexity index is 150. The van der Waals surface area contributed by atoms with E-state index in [2.05, 4.69) is 4.74 Å². The number of aliphatic hydroxyl groups is 1. The van der Waals surface area contributed by atoms with E-state index >= 15 is 0 Å². The van der Waals surface area contributed by atoms with Crippen LogP contribution >= 0.6 is 0 Å². The van der Waals surface area contributed by atoms with Crippen molar-refractivity contribution in [2.75, 3.05) is 7.11 Å². The molecular formula is C9H18O3. The molecule has 0 aliphatic heterocycles. The molecule has 0 bridgehead atoms. The Balaban J connectivity index is 3.94. The second-order valence-electron chi connectivity index (χ2n) is 3.85. The summed E-state index contributed by atoms with van der Waals surface area (Å²) in [7, 11) is 1.33. The molecule has 1 N–H and O–H groups in total. The number of hydrogen-bond acceptors (Lipinski definition) is 3. The lowest BCUT2D eigenvalue weighted by molar-refractivity contribution is -0.146. The fourth-order valence-corrected chi connectivity index (χ4v) is 1.33. The van der Waals surface area contributed by atoms with Crippen molar-refractivity contribution < 1.29 is 14.6 Å². The number of hydrogen-bond donors (Lipinski definition) is 1. The van der Waals surface area contributed by atoms with Crippen molar-refractivity contribution >= 4 is 5.97 Å². The van der Waals surface area contributed by atoms with E-state index < -0.39 is 5.60 Å². The summed E-state index contributed by atoms with van der Waals surface area (Å²) in [4.78, 5) is 10.8. The topological polar surface area (TPSA) is 46.5 Å². The number of ether oxygens (including phenoxy) is 1. The number of esters is 1. The molecule has 0 saturated heterocycles. The van der Waals surface area contributed by atoms with Crippen LogP contribution in [0.4, 0.5) is 0 Å². The van der Waals surface area contributed by atoms with Gasteiger partial charge in [0.05, 0.1) is 19.1 Å². The molecule has 0 spiro atoms. The third-order valence-corrected chi connectivity index (χ3v) is 1.60. The molecule has 0 saturated carbocycles. The number of carbonyl (C=O) groups excluding carboxylic acids is 1. The summed E-state index contributed by atoms with van der Waals surface area (Å²) in [5.41, 5.74) is -0.929. The van der Waals surface area contributed by atoms with Gasteiger partial charge in [0.1, 0.15) is 0 Å². The Morgan fingerprint density at radius 3 is 2.42 bits per heavy atom. The van der Waals surface area contributed by atoms with Crippen LogP contribution in [0, 0.1) is 5.92 Å². The Morgan fingerprint density at radius 1 is 1.58 bits per heavy atom. The first-order valence-electron chi connectivity index (χ1n) is 4.16. The average Bonchev–Trinajstić information content (AvgIpc) is 1.83. The highest BCUT2D eigenvalue weighted by molar-refractivity contribution is 5.70. The minimum Gasteiger partial charge on any atom is -0.469 e. The molecule has 0 aromatic heterocycles. The van der Waals surface area contributed by atoms with E-state index in [1.54, 1.807) is 6.92 Å². The SMILES string of the molecule is COC(=O)CC(C)(O)CC(C)C. The number of rotatable bonds is 4. The molecule has 0 aromatic carbocycles. The van der Waals surface area contributed by atoms with Gasteiger partial charge in [0.2, 0.25) is 0 Å². The molecule has 0 fully saturated rings. The minimum atomic E-state index is -0.929. The van der Waals surface area contributed by atoms with Gasteiger partial charge in [-0.2, -0.15) is 0 Å². The lowest BCUT2D eigenvalue weighted by atomic mass is 9.91. The predicted octanol–water partition coefficient (Wildman–Crippen LogP) is 1.35. The summed E-state index contributed by atoms with van der Waals surface area (Å²) in [6.45, 7) is 5.67. The van der Waals surface area contributed by atoms with Gasteiger partial charge in [0.15, 0.2) is 0 Å². The van der Waals surface area contributed by atoms with Crippen molar-refractivity contribution in [3.8, 4) is 0 Å². The molecule has 72 valence electrons. The zero-order valence-electron chi connectivity index (χ0n) is 8.26. The summed E-state index contributed by atoms with van der Waals surface area (Å²) in [5, 5.41) is 9.69. The molecular weight excluding hydrogens is 156 g/mol. The first-order valence-corrected chi connectivity index (χ1v) is 4.16. The van der Waals surface area contributed by atoms with Crippen LogP contribution in [0.15, 0.2) is 0 Å². The number of carbonyl (C=O) groups is 1. The van der Waals surface area contributed by atoms with Crippen molar-refractivity contribution in [3.05, 3.63) is 0 Å². The predicted molar refractivity (Wildman–Crippen MR) is 46.7 cm³/mol. The van der Waals surface area contributed by atoms with Gasteiger partial charge in [-0.1, -0.05) is 13.8 Å². The van der Waals surface area contributed by atoms with Crippen LogP contribution in [-0.4, -0.2) is 23.8 Å². The second-order valence-corrected chi connectivity index (χ2v) is 3.85. The highest BCUT2D eigenvalue weighted by Gasteiger charge is 2.25. The molecule has 12 heavy (non-hydrogen) atoms. The average molecular weight is 174 g/mol. The smallest absolute Gasteiger partial charge is 0.308 e. The van der Waals surface area contributed by atoms with Gasteiger partial charge in [-0.05, 0) is 19.3 Å². The molecule has 0 aliphatic rings. The molecule has 0 radical (unpaired) electrons. The van der Waals surface area contributed by atoms with Gasteiger partial charge in [-0.15, -0.1) is 0 Å². The summed E-state index contributed by atoms with van der Waals surface area (Å²) in [5.74, 6) is 0.0188. The molecule has 1 atom stereocenters. The van der Waals surface area contributed by atoms with Crippen LogP contribution in [0.5, 0.6) is 0 Å². The Hall–Kier alpha value is -0.570. The standard InChI is InChI=1S/C9H18O3/c1-7(2)5-9(3,11)6-8(10)12-4/h7,11H,5-6H2,1-4H3. The van der Waals surface area contributed by atoms with Gasteiger partial charge in [-0.25, -0.2) is 0 Å². The van der Waals surface area contributed by atoms with E-state index in [0.717, 1.165) is 0 Å². The van der Waals surface area contributed by atoms with E-state index in [1.807, 2.05) is 13.8 Å². The highest BCUT2D eigenvalue weighted by Crippen LogP contribution is 2.20. The van der Waals surface area contributed by atoms with Crippen molar-refractivity contribution in [3.63, 3.8) is 0 Å². The molecule has 3 nitrogen and oxygen atoms in total. The molecule has 1 unspecified atom stereocenters. The highest BCUT2D eigenvalue weighted by atomic mass is 16.5. The third kappa shape index (κ3) is 5.13. The van der Waals surface area contributed by atoms with Crippen LogP contribution in [-0.2, 0) is 9.53 Å². The van der Waals surface area contributed by atoms with Gasteiger partial charge in [-0.3, -0.25) is 4.79 Å². The minimum absolute atomic E-state index is 0.0711. The quantitative estimate of drug-likeness (QED) is 0.654. The van der Waals surface area contributed by atoms with E-state index in [1.165, 1.54) is 7.11 Å². The maximum Gasteiger partial charge on any atom is 0.308 e. The van der Waals surface area contributed by atoms with Crippen molar-refractivity contribution in [2.45, 2.75) is 39.2 Å². The summed E-state index contributed by atoms with van der Waals surface area (Å²) >= 11 is 0. The molecule has 3 heteroatoms. The maximum absolute atomic E-state index is 10.8. The number of methoxy groups -OCH3 is 1. The maximum atomic E-state index is 10.8.